The Labute approximate surface area is 155 Å². The molecule has 3 fully saturated rings. The number of benzene rings is 1. The lowest BCUT2D eigenvalue weighted by molar-refractivity contribution is -0.166. The summed E-state index contributed by atoms with van der Waals surface area (Å²) in [5.41, 5.74) is 1.70. The highest BCUT2D eigenvalue weighted by molar-refractivity contribution is 5.95. The minimum Gasteiger partial charge on any atom is -0.371 e. The van der Waals surface area contributed by atoms with Crippen molar-refractivity contribution in [2.45, 2.75) is 44.6 Å². The van der Waals surface area contributed by atoms with Gasteiger partial charge in [0.2, 0.25) is 5.91 Å². The highest BCUT2D eigenvalue weighted by atomic mass is 16.5. The van der Waals surface area contributed by atoms with Gasteiger partial charge in [-0.15, -0.1) is 0 Å². The molecule has 0 aromatic heterocycles. The first-order valence-electron chi connectivity index (χ1n) is 9.80. The van der Waals surface area contributed by atoms with Crippen molar-refractivity contribution in [3.63, 3.8) is 0 Å². The average molecular weight is 356 g/mol. The molecule has 1 N–H and O–H groups in total. The lowest BCUT2D eigenvalue weighted by Gasteiger charge is -2.52. The summed E-state index contributed by atoms with van der Waals surface area (Å²) in [5, 5.41) is 3.06. The molecule has 0 bridgehead atoms. The summed E-state index contributed by atoms with van der Waals surface area (Å²) in [5.74, 6) is 1.31. The second kappa shape index (κ2) is 7.03. The van der Waals surface area contributed by atoms with Gasteiger partial charge in [0.15, 0.2) is 0 Å². The molecule has 0 unspecified atom stereocenters. The van der Waals surface area contributed by atoms with Crippen LogP contribution in [0.5, 0.6) is 0 Å². The fourth-order valence-electron chi connectivity index (χ4n) is 4.00. The molecule has 2 heterocycles. The third-order valence-electron chi connectivity index (χ3n) is 5.90. The fourth-order valence-corrected chi connectivity index (χ4v) is 4.00. The number of likely N-dealkylation sites (tertiary alicyclic amines) is 1. The molecule has 1 aliphatic carbocycles. The average Bonchev–Trinajstić information content (AvgIpc) is 3.42. The SMILES string of the molecule is Cc1cccc(C(=O)N2CC3(CC[C@H](CNC(=O)CC4CC4)CO3)C2)c1. The minimum absolute atomic E-state index is 0.0948. The Morgan fingerprint density at radius 3 is 2.69 bits per heavy atom. The maximum absolute atomic E-state index is 12.6. The summed E-state index contributed by atoms with van der Waals surface area (Å²) in [7, 11) is 0. The number of nitrogens with one attached hydrogen (secondary N) is 1. The summed E-state index contributed by atoms with van der Waals surface area (Å²) in [6.45, 7) is 4.76. The van der Waals surface area contributed by atoms with E-state index in [0.717, 1.165) is 24.0 Å². The number of rotatable bonds is 5. The monoisotopic (exact) mass is 356 g/mol. The van der Waals surface area contributed by atoms with Crippen molar-refractivity contribution in [1.29, 1.82) is 0 Å². The highest BCUT2D eigenvalue weighted by Gasteiger charge is 2.48. The van der Waals surface area contributed by atoms with Crippen LogP contribution >= 0.6 is 0 Å². The number of amides is 2. The predicted molar refractivity (Wildman–Crippen MR) is 98.8 cm³/mol. The normalized spacial score (nSPS) is 24.2. The van der Waals surface area contributed by atoms with Crippen LogP contribution in [0.1, 0.15) is 48.0 Å². The van der Waals surface area contributed by atoms with E-state index < -0.39 is 0 Å². The van der Waals surface area contributed by atoms with Crippen molar-refractivity contribution in [3.05, 3.63) is 35.4 Å². The van der Waals surface area contributed by atoms with E-state index in [9.17, 15) is 9.59 Å². The van der Waals surface area contributed by atoms with Crippen LogP contribution in [-0.2, 0) is 9.53 Å². The molecule has 3 aliphatic rings. The molecular weight excluding hydrogens is 328 g/mol. The summed E-state index contributed by atoms with van der Waals surface area (Å²) >= 11 is 0. The van der Waals surface area contributed by atoms with Gasteiger partial charge in [-0.05, 0) is 56.6 Å². The largest absolute Gasteiger partial charge is 0.371 e. The second-order valence-corrected chi connectivity index (χ2v) is 8.38. The lowest BCUT2D eigenvalue weighted by Crippen LogP contribution is -2.66. The van der Waals surface area contributed by atoms with E-state index in [1.165, 1.54) is 12.8 Å². The molecule has 4 rings (SSSR count). The number of hydrogen-bond acceptors (Lipinski definition) is 3. The summed E-state index contributed by atoms with van der Waals surface area (Å²) in [4.78, 5) is 26.3. The lowest BCUT2D eigenvalue weighted by atomic mass is 9.82. The zero-order chi connectivity index (χ0) is 18.1. The Morgan fingerprint density at radius 2 is 2.04 bits per heavy atom. The molecule has 1 spiro atoms. The van der Waals surface area contributed by atoms with Crippen LogP contribution in [0.15, 0.2) is 24.3 Å². The van der Waals surface area contributed by atoms with Gasteiger partial charge in [-0.2, -0.15) is 0 Å². The van der Waals surface area contributed by atoms with Crippen LogP contribution in [0.2, 0.25) is 0 Å². The molecule has 2 amide bonds. The van der Waals surface area contributed by atoms with Gasteiger partial charge in [0, 0.05) is 18.5 Å². The van der Waals surface area contributed by atoms with E-state index in [0.29, 0.717) is 44.5 Å². The van der Waals surface area contributed by atoms with E-state index in [4.69, 9.17) is 4.74 Å². The molecule has 1 saturated carbocycles. The smallest absolute Gasteiger partial charge is 0.254 e. The number of ether oxygens (including phenoxy) is 1. The number of carbonyl (C=O) groups is 2. The molecule has 1 atom stereocenters. The number of hydrogen-bond donors (Lipinski definition) is 1. The van der Waals surface area contributed by atoms with Gasteiger partial charge >= 0.3 is 0 Å². The number of carbonyl (C=O) groups excluding carboxylic acids is 2. The molecule has 5 nitrogen and oxygen atoms in total. The van der Waals surface area contributed by atoms with Gasteiger partial charge < -0.3 is 15.0 Å². The van der Waals surface area contributed by atoms with Crippen LogP contribution in [-0.4, -0.2) is 48.6 Å². The van der Waals surface area contributed by atoms with Crippen molar-refractivity contribution in [3.8, 4) is 0 Å². The van der Waals surface area contributed by atoms with Crippen LogP contribution in [0.4, 0.5) is 0 Å². The maximum atomic E-state index is 12.6. The predicted octanol–water partition coefficient (Wildman–Crippen LogP) is 2.53. The third-order valence-corrected chi connectivity index (χ3v) is 5.90. The molecule has 5 heteroatoms. The van der Waals surface area contributed by atoms with Gasteiger partial charge in [-0.3, -0.25) is 9.59 Å². The van der Waals surface area contributed by atoms with Crippen molar-refractivity contribution in [1.82, 2.24) is 10.2 Å². The van der Waals surface area contributed by atoms with Crippen LogP contribution in [0, 0.1) is 18.8 Å². The molecule has 1 aromatic carbocycles. The van der Waals surface area contributed by atoms with E-state index in [1.54, 1.807) is 0 Å². The number of nitrogens with zero attached hydrogens (tertiary/aromatic N) is 1. The van der Waals surface area contributed by atoms with E-state index >= 15 is 0 Å². The van der Waals surface area contributed by atoms with E-state index in [-0.39, 0.29) is 17.4 Å². The Morgan fingerprint density at radius 1 is 1.23 bits per heavy atom. The summed E-state index contributed by atoms with van der Waals surface area (Å²) < 4.78 is 6.13. The first-order valence-corrected chi connectivity index (χ1v) is 9.80. The topological polar surface area (TPSA) is 58.6 Å². The van der Waals surface area contributed by atoms with E-state index in [1.807, 2.05) is 36.1 Å². The molecular formula is C21H28N2O3. The summed E-state index contributed by atoms with van der Waals surface area (Å²) in [6.07, 6.45) is 5.12. The second-order valence-electron chi connectivity index (χ2n) is 8.38. The first kappa shape index (κ1) is 17.5. The molecule has 2 saturated heterocycles. The van der Waals surface area contributed by atoms with Gasteiger partial charge in [0.05, 0.1) is 19.7 Å². The minimum atomic E-state index is -0.159. The Balaban J connectivity index is 1.20. The third kappa shape index (κ3) is 3.93. The van der Waals surface area contributed by atoms with Crippen LogP contribution < -0.4 is 5.32 Å². The van der Waals surface area contributed by atoms with Gasteiger partial charge in [0.25, 0.3) is 5.91 Å². The first-order chi connectivity index (χ1) is 12.5. The quantitative estimate of drug-likeness (QED) is 0.882. The Kier molecular flexibility index (Phi) is 4.74. The van der Waals surface area contributed by atoms with Gasteiger partial charge in [0.1, 0.15) is 5.60 Å². The van der Waals surface area contributed by atoms with Gasteiger partial charge in [-0.25, -0.2) is 0 Å². The Bertz CT molecular complexity index is 682. The van der Waals surface area contributed by atoms with Gasteiger partial charge in [-0.1, -0.05) is 17.7 Å². The zero-order valence-corrected chi connectivity index (χ0v) is 15.5. The van der Waals surface area contributed by atoms with Crippen molar-refractivity contribution >= 4 is 11.8 Å². The number of aryl methyl sites for hydroxylation is 1. The highest BCUT2D eigenvalue weighted by Crippen LogP contribution is 2.36. The van der Waals surface area contributed by atoms with Crippen molar-refractivity contribution in [2.75, 3.05) is 26.2 Å². The molecule has 1 aromatic rings. The summed E-state index contributed by atoms with van der Waals surface area (Å²) in [6, 6.07) is 7.75. The fraction of sp³-hybridized carbons (Fsp3) is 0.619. The Hall–Kier alpha value is -1.88. The van der Waals surface area contributed by atoms with Crippen LogP contribution in [0.25, 0.3) is 0 Å². The molecule has 2 aliphatic heterocycles. The molecule has 26 heavy (non-hydrogen) atoms. The van der Waals surface area contributed by atoms with Crippen molar-refractivity contribution in [2.24, 2.45) is 11.8 Å². The molecule has 140 valence electrons. The van der Waals surface area contributed by atoms with Crippen LogP contribution in [0.3, 0.4) is 0 Å². The molecule has 0 radical (unpaired) electrons. The standard InChI is InChI=1S/C21H28N2O3/c1-15-3-2-4-18(9-15)20(25)23-13-21(14-23)8-7-17(12-26-21)11-22-19(24)10-16-5-6-16/h2-4,9,16-17H,5-8,10-14H2,1H3,(H,22,24)/t17-/m1/s1. The zero-order valence-electron chi connectivity index (χ0n) is 15.5. The van der Waals surface area contributed by atoms with Crippen molar-refractivity contribution < 1.29 is 14.3 Å². The maximum Gasteiger partial charge on any atom is 0.254 e. The van der Waals surface area contributed by atoms with E-state index in [2.05, 4.69) is 5.32 Å².